The van der Waals surface area contributed by atoms with Gasteiger partial charge in [0.1, 0.15) is 35.9 Å². The molecule has 2 fully saturated rings. The summed E-state index contributed by atoms with van der Waals surface area (Å²) in [6.45, 7) is 7.73. The number of nitrogens with one attached hydrogen (secondary N) is 1. The van der Waals surface area contributed by atoms with Gasteiger partial charge in [0.25, 0.3) is 0 Å². The van der Waals surface area contributed by atoms with E-state index in [9.17, 15) is 9.18 Å². The average molecular weight is 500 g/mol. The van der Waals surface area contributed by atoms with Gasteiger partial charge in [-0.3, -0.25) is 4.79 Å². The van der Waals surface area contributed by atoms with E-state index in [1.54, 1.807) is 24.3 Å². The van der Waals surface area contributed by atoms with Gasteiger partial charge >= 0.3 is 0 Å². The zero-order valence-electron chi connectivity index (χ0n) is 20.3. The van der Waals surface area contributed by atoms with Gasteiger partial charge in [0.05, 0.1) is 17.6 Å². The fourth-order valence-electron chi connectivity index (χ4n) is 3.96. The van der Waals surface area contributed by atoms with Crippen LogP contribution in [0, 0.1) is 11.7 Å². The van der Waals surface area contributed by atoms with Crippen LogP contribution in [-0.2, 0) is 16.3 Å². The van der Waals surface area contributed by atoms with Crippen LogP contribution in [0.3, 0.4) is 0 Å². The van der Waals surface area contributed by atoms with Crippen LogP contribution in [0.2, 0.25) is 25.7 Å². The minimum absolute atomic E-state index is 0.121. The highest BCUT2D eigenvalue weighted by Crippen LogP contribution is 2.41. The summed E-state index contributed by atoms with van der Waals surface area (Å²) in [4.78, 5) is 16.9. The zero-order valence-corrected chi connectivity index (χ0v) is 21.3. The van der Waals surface area contributed by atoms with Crippen LogP contribution < -0.4 is 10.1 Å². The molecule has 1 amide bonds. The molecular formula is C26H31F2N3O3Si. The summed E-state index contributed by atoms with van der Waals surface area (Å²) in [6, 6.07) is 9.35. The maximum Gasteiger partial charge on any atom is 0.231 e. The average Bonchev–Trinajstić information content (AvgIpc) is 3.71. The summed E-state index contributed by atoms with van der Waals surface area (Å²) in [7, 11) is -1.25. The standard InChI is InChI=1S/C26H31F2N3O3Si/c1-35(2,3)12-11-33-15-31-14-19(24-20(27)5-4-6-22(24)34-16-7-8-16)17-9-10-23(29-25(17)31)30-26(32)18-13-21(18)28/h4-6,9-10,14,16,18,21H,7-8,11-13,15H2,1-3H3,(H,29,30,32)/t18-,21+/m1/s1. The van der Waals surface area contributed by atoms with E-state index in [1.807, 2.05) is 10.8 Å². The van der Waals surface area contributed by atoms with Crippen LogP contribution in [-0.4, -0.2) is 42.4 Å². The molecule has 2 aliphatic carbocycles. The van der Waals surface area contributed by atoms with E-state index in [-0.39, 0.29) is 31.0 Å². The third-order valence-corrected chi connectivity index (χ3v) is 8.02. The Bertz CT molecular complexity index is 1250. The first-order valence-corrected chi connectivity index (χ1v) is 15.9. The van der Waals surface area contributed by atoms with Gasteiger partial charge in [-0.25, -0.2) is 13.8 Å². The largest absolute Gasteiger partial charge is 0.490 e. The number of carbonyl (C=O) groups excluding carboxylic acids is 1. The van der Waals surface area contributed by atoms with Crippen LogP contribution in [0.1, 0.15) is 19.3 Å². The van der Waals surface area contributed by atoms with Gasteiger partial charge in [-0.05, 0) is 49.6 Å². The van der Waals surface area contributed by atoms with Crippen LogP contribution >= 0.6 is 0 Å². The summed E-state index contributed by atoms with van der Waals surface area (Å²) in [5.41, 5.74) is 1.60. The smallest absolute Gasteiger partial charge is 0.231 e. The van der Waals surface area contributed by atoms with Gasteiger partial charge in [0.2, 0.25) is 5.91 Å². The van der Waals surface area contributed by atoms with Crippen molar-refractivity contribution in [1.82, 2.24) is 9.55 Å². The summed E-state index contributed by atoms with van der Waals surface area (Å²) >= 11 is 0. The predicted molar refractivity (Wildman–Crippen MR) is 135 cm³/mol. The van der Waals surface area contributed by atoms with Crippen molar-refractivity contribution in [3.63, 3.8) is 0 Å². The number of hydrogen-bond acceptors (Lipinski definition) is 4. The number of alkyl halides is 1. The highest BCUT2D eigenvalue weighted by atomic mass is 28.3. The Morgan fingerprint density at radius 2 is 2.00 bits per heavy atom. The Hall–Kier alpha value is -2.78. The normalized spacial score (nSPS) is 19.7. The predicted octanol–water partition coefficient (Wildman–Crippen LogP) is 5.99. The third kappa shape index (κ3) is 5.56. The molecule has 186 valence electrons. The number of carbonyl (C=O) groups is 1. The van der Waals surface area contributed by atoms with Crippen molar-refractivity contribution in [2.45, 2.75) is 64.0 Å². The van der Waals surface area contributed by atoms with E-state index in [2.05, 4.69) is 29.9 Å². The maximum atomic E-state index is 15.1. The van der Waals surface area contributed by atoms with E-state index in [4.69, 9.17) is 9.47 Å². The molecule has 35 heavy (non-hydrogen) atoms. The molecule has 2 heterocycles. The molecule has 0 radical (unpaired) electrons. The minimum Gasteiger partial charge on any atom is -0.490 e. The summed E-state index contributed by atoms with van der Waals surface area (Å²) in [6.07, 6.45) is 3.04. The van der Waals surface area contributed by atoms with Crippen molar-refractivity contribution < 1.29 is 23.0 Å². The third-order valence-electron chi connectivity index (χ3n) is 6.31. The first kappa shape index (κ1) is 23.9. The first-order valence-electron chi connectivity index (χ1n) is 12.2. The first-order chi connectivity index (χ1) is 16.7. The number of aromatic nitrogens is 2. The fraction of sp³-hybridized carbons (Fsp3) is 0.462. The molecule has 0 unspecified atom stereocenters. The van der Waals surface area contributed by atoms with Crippen molar-refractivity contribution in [2.75, 3.05) is 11.9 Å². The Balaban J connectivity index is 1.50. The van der Waals surface area contributed by atoms with Gasteiger partial charge < -0.3 is 19.4 Å². The van der Waals surface area contributed by atoms with Crippen LogP contribution in [0.4, 0.5) is 14.6 Å². The van der Waals surface area contributed by atoms with Crippen LogP contribution in [0.25, 0.3) is 22.2 Å². The van der Waals surface area contributed by atoms with E-state index in [0.717, 1.165) is 24.3 Å². The second kappa shape index (κ2) is 9.35. The molecule has 2 atom stereocenters. The number of benzene rings is 1. The van der Waals surface area contributed by atoms with Gasteiger partial charge in [-0.1, -0.05) is 25.7 Å². The highest BCUT2D eigenvalue weighted by Gasteiger charge is 2.43. The van der Waals surface area contributed by atoms with E-state index >= 15 is 4.39 Å². The Morgan fingerprint density at radius 3 is 2.69 bits per heavy atom. The molecule has 2 aliphatic rings. The second-order valence-corrected chi connectivity index (χ2v) is 16.3. The molecule has 2 saturated carbocycles. The topological polar surface area (TPSA) is 65.4 Å². The fourth-order valence-corrected chi connectivity index (χ4v) is 4.71. The molecule has 0 saturated heterocycles. The molecule has 0 bridgehead atoms. The highest BCUT2D eigenvalue weighted by molar-refractivity contribution is 6.76. The number of rotatable bonds is 10. The molecule has 0 aliphatic heterocycles. The second-order valence-electron chi connectivity index (χ2n) is 10.7. The Kier molecular flexibility index (Phi) is 6.39. The van der Waals surface area contributed by atoms with E-state index < -0.39 is 20.2 Å². The summed E-state index contributed by atoms with van der Waals surface area (Å²) in [5, 5.41) is 3.43. The number of nitrogens with zero attached hydrogens (tertiary/aromatic N) is 2. The number of fused-ring (bicyclic) bond motifs is 1. The van der Waals surface area contributed by atoms with Crippen molar-refractivity contribution in [3.8, 4) is 16.9 Å². The van der Waals surface area contributed by atoms with Gasteiger partial charge in [-0.15, -0.1) is 0 Å². The quantitative estimate of drug-likeness (QED) is 0.275. The number of hydrogen-bond donors (Lipinski definition) is 1. The van der Waals surface area contributed by atoms with Crippen LogP contribution in [0.5, 0.6) is 5.75 Å². The molecule has 6 nitrogen and oxygen atoms in total. The van der Waals surface area contributed by atoms with Crippen LogP contribution in [0.15, 0.2) is 36.5 Å². The Labute approximate surface area is 204 Å². The number of amides is 1. The molecule has 9 heteroatoms. The Morgan fingerprint density at radius 1 is 1.23 bits per heavy atom. The molecule has 2 aromatic heterocycles. The zero-order chi connectivity index (χ0) is 24.7. The number of pyridine rings is 1. The lowest BCUT2D eigenvalue weighted by Crippen LogP contribution is -2.22. The summed E-state index contributed by atoms with van der Waals surface area (Å²) < 4.78 is 42.3. The molecule has 3 aromatic rings. The van der Waals surface area contributed by atoms with Crippen molar-refractivity contribution in [3.05, 3.63) is 42.3 Å². The molecular weight excluding hydrogens is 468 g/mol. The van der Waals surface area contributed by atoms with Crippen molar-refractivity contribution in [1.29, 1.82) is 0 Å². The number of anilines is 1. The molecule has 0 spiro atoms. The van der Waals surface area contributed by atoms with E-state index in [1.165, 1.54) is 6.07 Å². The monoisotopic (exact) mass is 499 g/mol. The summed E-state index contributed by atoms with van der Waals surface area (Å²) in [5.74, 6) is -0.519. The molecule has 5 rings (SSSR count). The molecule has 1 N–H and O–H groups in total. The number of halogens is 2. The van der Waals surface area contributed by atoms with Gasteiger partial charge in [-0.2, -0.15) is 0 Å². The maximum absolute atomic E-state index is 15.1. The molecule has 1 aromatic carbocycles. The van der Waals surface area contributed by atoms with Crippen molar-refractivity contribution >= 4 is 30.8 Å². The van der Waals surface area contributed by atoms with Crippen molar-refractivity contribution in [2.24, 2.45) is 5.92 Å². The lowest BCUT2D eigenvalue weighted by molar-refractivity contribution is -0.117. The number of ether oxygens (including phenoxy) is 2. The van der Waals surface area contributed by atoms with E-state index in [0.29, 0.717) is 34.9 Å². The van der Waals surface area contributed by atoms with Gasteiger partial charge in [0, 0.05) is 31.8 Å². The lowest BCUT2D eigenvalue weighted by atomic mass is 10.0. The van der Waals surface area contributed by atoms with Gasteiger partial charge in [0.15, 0.2) is 0 Å². The lowest BCUT2D eigenvalue weighted by Gasteiger charge is -2.15. The SMILES string of the molecule is C[Si](C)(C)CCOCn1cc(-c2c(F)cccc2OC2CC2)c2ccc(NC(=O)[C@@H]3C[C@@H]3F)nc21. The minimum atomic E-state index is -1.25.